The lowest BCUT2D eigenvalue weighted by atomic mass is 10.0. The van der Waals surface area contributed by atoms with Crippen LogP contribution in [0.15, 0.2) is 12.5 Å². The molecule has 0 bridgehead atoms. The molecular weight excluding hydrogens is 314 g/mol. The zero-order chi connectivity index (χ0) is 17.1. The van der Waals surface area contributed by atoms with Crippen molar-refractivity contribution in [3.63, 3.8) is 0 Å². The van der Waals surface area contributed by atoms with Crippen LogP contribution in [0, 0.1) is 0 Å². The van der Waals surface area contributed by atoms with Gasteiger partial charge in [0.1, 0.15) is 0 Å². The third-order valence-corrected chi connectivity index (χ3v) is 6.28. The lowest BCUT2D eigenvalue weighted by Gasteiger charge is -2.41. The van der Waals surface area contributed by atoms with Gasteiger partial charge in [-0.05, 0) is 38.8 Å². The molecule has 0 amide bonds. The molecule has 0 radical (unpaired) electrons. The number of fused-ring (bicyclic) bond motifs is 1. The van der Waals surface area contributed by atoms with E-state index < -0.39 is 0 Å². The van der Waals surface area contributed by atoms with Crippen molar-refractivity contribution in [2.75, 3.05) is 52.4 Å². The van der Waals surface area contributed by atoms with Gasteiger partial charge in [0.25, 0.3) is 0 Å². The molecule has 6 heteroatoms. The van der Waals surface area contributed by atoms with Crippen molar-refractivity contribution in [1.82, 2.24) is 24.3 Å². The quantitative estimate of drug-likeness (QED) is 0.800. The van der Waals surface area contributed by atoms with Crippen molar-refractivity contribution in [1.29, 1.82) is 0 Å². The van der Waals surface area contributed by atoms with Gasteiger partial charge in [-0.2, -0.15) is 0 Å². The fourth-order valence-corrected chi connectivity index (χ4v) is 4.69. The molecule has 0 aliphatic carbocycles. The van der Waals surface area contributed by atoms with Crippen molar-refractivity contribution in [3.05, 3.63) is 18.2 Å². The molecule has 1 aromatic rings. The largest absolute Gasteiger partial charge is 0.375 e. The highest BCUT2D eigenvalue weighted by atomic mass is 16.5. The maximum absolute atomic E-state index is 6.17. The van der Waals surface area contributed by atoms with E-state index in [1.54, 1.807) is 0 Å². The Labute approximate surface area is 151 Å². The van der Waals surface area contributed by atoms with Crippen LogP contribution in [0.25, 0.3) is 0 Å². The fourth-order valence-electron chi connectivity index (χ4n) is 4.69. The van der Waals surface area contributed by atoms with Gasteiger partial charge in [0.15, 0.2) is 0 Å². The van der Waals surface area contributed by atoms with Gasteiger partial charge in [-0.3, -0.25) is 9.80 Å². The number of aryl methyl sites for hydroxylation is 1. The number of imidazole rings is 1. The Morgan fingerprint density at radius 2 is 1.88 bits per heavy atom. The smallest absolute Gasteiger partial charge is 0.0945 e. The second kappa shape index (κ2) is 8.16. The second-order valence-electron chi connectivity index (χ2n) is 7.91. The minimum atomic E-state index is 0.420. The highest BCUT2D eigenvalue weighted by molar-refractivity contribution is 4.98. The molecular formula is C19H33N5O. The van der Waals surface area contributed by atoms with Gasteiger partial charge in [0, 0.05) is 58.6 Å². The summed E-state index contributed by atoms with van der Waals surface area (Å²) >= 11 is 0. The summed E-state index contributed by atoms with van der Waals surface area (Å²) < 4.78 is 8.31. The maximum Gasteiger partial charge on any atom is 0.0945 e. The van der Waals surface area contributed by atoms with Crippen LogP contribution in [-0.4, -0.2) is 88.8 Å². The molecule has 3 aliphatic rings. The van der Waals surface area contributed by atoms with Gasteiger partial charge in [-0.1, -0.05) is 0 Å². The average Bonchev–Trinajstić information content (AvgIpc) is 3.23. The zero-order valence-electron chi connectivity index (χ0n) is 15.6. The molecule has 2 atom stereocenters. The first-order chi connectivity index (χ1) is 12.3. The highest BCUT2D eigenvalue weighted by Crippen LogP contribution is 2.24. The Morgan fingerprint density at radius 3 is 2.68 bits per heavy atom. The molecule has 3 saturated heterocycles. The molecule has 4 rings (SSSR count). The van der Waals surface area contributed by atoms with Crippen LogP contribution in [-0.2, 0) is 18.3 Å². The van der Waals surface area contributed by atoms with Crippen molar-refractivity contribution in [2.45, 2.75) is 44.4 Å². The van der Waals surface area contributed by atoms with E-state index in [0.29, 0.717) is 12.1 Å². The van der Waals surface area contributed by atoms with E-state index in [0.717, 1.165) is 39.2 Å². The summed E-state index contributed by atoms with van der Waals surface area (Å²) in [5.41, 5.74) is 1.30. The molecule has 25 heavy (non-hydrogen) atoms. The third kappa shape index (κ3) is 4.25. The first kappa shape index (κ1) is 17.5. The minimum Gasteiger partial charge on any atom is -0.375 e. The normalized spacial score (nSPS) is 29.6. The van der Waals surface area contributed by atoms with Crippen LogP contribution in [0.1, 0.15) is 31.4 Å². The van der Waals surface area contributed by atoms with E-state index in [1.165, 1.54) is 51.1 Å². The van der Waals surface area contributed by atoms with Crippen LogP contribution in [0.2, 0.25) is 0 Å². The lowest BCUT2D eigenvalue weighted by molar-refractivity contribution is -0.0728. The molecule has 1 aromatic heterocycles. The highest BCUT2D eigenvalue weighted by Gasteiger charge is 2.34. The number of morpholine rings is 1. The van der Waals surface area contributed by atoms with Gasteiger partial charge < -0.3 is 14.2 Å². The molecule has 3 aliphatic heterocycles. The molecule has 140 valence electrons. The van der Waals surface area contributed by atoms with Crippen molar-refractivity contribution < 1.29 is 4.74 Å². The SMILES string of the molecule is Cn1cncc1CN1CC[C@@H]2[C@@H](CC1)OCCN2CCN1CCCC1. The summed E-state index contributed by atoms with van der Waals surface area (Å²) in [5.74, 6) is 0. The van der Waals surface area contributed by atoms with Crippen LogP contribution >= 0.6 is 0 Å². The summed E-state index contributed by atoms with van der Waals surface area (Å²) in [6.07, 6.45) is 9.47. The second-order valence-corrected chi connectivity index (χ2v) is 7.91. The topological polar surface area (TPSA) is 36.8 Å². The summed E-state index contributed by atoms with van der Waals surface area (Å²) in [4.78, 5) is 12.2. The molecule has 0 unspecified atom stereocenters. The van der Waals surface area contributed by atoms with E-state index >= 15 is 0 Å². The average molecular weight is 348 g/mol. The minimum absolute atomic E-state index is 0.420. The van der Waals surface area contributed by atoms with E-state index in [1.807, 2.05) is 12.5 Å². The van der Waals surface area contributed by atoms with Crippen LogP contribution in [0.5, 0.6) is 0 Å². The van der Waals surface area contributed by atoms with Gasteiger partial charge in [-0.25, -0.2) is 4.98 Å². The number of likely N-dealkylation sites (tertiary alicyclic amines) is 2. The first-order valence-electron chi connectivity index (χ1n) is 10.0. The summed E-state index contributed by atoms with van der Waals surface area (Å²) in [7, 11) is 2.09. The van der Waals surface area contributed by atoms with Crippen LogP contribution in [0.4, 0.5) is 0 Å². The molecule has 4 heterocycles. The standard InChI is InChI=1S/C19H33N5O/c1-21-16-20-14-17(21)15-23-8-4-18-19(5-9-23)25-13-12-24(18)11-10-22-6-2-3-7-22/h14,16,18-19H,2-13,15H2,1H3/t18-,19-/m1/s1. The summed E-state index contributed by atoms with van der Waals surface area (Å²) in [6, 6.07) is 0.605. The number of hydrogen-bond acceptors (Lipinski definition) is 5. The lowest BCUT2D eigenvalue weighted by Crippen LogP contribution is -2.52. The first-order valence-corrected chi connectivity index (χ1v) is 10.0. The van der Waals surface area contributed by atoms with E-state index in [-0.39, 0.29) is 0 Å². The van der Waals surface area contributed by atoms with Gasteiger partial charge >= 0.3 is 0 Å². The Morgan fingerprint density at radius 1 is 1.04 bits per heavy atom. The molecule has 0 saturated carbocycles. The maximum atomic E-state index is 6.17. The predicted molar refractivity (Wildman–Crippen MR) is 98.5 cm³/mol. The van der Waals surface area contributed by atoms with E-state index in [4.69, 9.17) is 4.74 Å². The Kier molecular flexibility index (Phi) is 5.70. The van der Waals surface area contributed by atoms with Gasteiger partial charge in [0.2, 0.25) is 0 Å². The predicted octanol–water partition coefficient (Wildman–Crippen LogP) is 1.18. The number of ether oxygens (including phenoxy) is 1. The molecule has 6 nitrogen and oxygen atoms in total. The van der Waals surface area contributed by atoms with Gasteiger partial charge in [0.05, 0.1) is 24.7 Å². The zero-order valence-corrected chi connectivity index (χ0v) is 15.6. The summed E-state index contributed by atoms with van der Waals surface area (Å²) in [6.45, 7) is 10.4. The number of hydrogen-bond donors (Lipinski definition) is 0. The fraction of sp³-hybridized carbons (Fsp3) is 0.842. The molecule has 0 spiro atoms. The van der Waals surface area contributed by atoms with Crippen molar-refractivity contribution in [3.8, 4) is 0 Å². The third-order valence-electron chi connectivity index (χ3n) is 6.28. The Hall–Kier alpha value is -0.950. The molecule has 0 N–H and O–H groups in total. The van der Waals surface area contributed by atoms with Crippen molar-refractivity contribution in [2.24, 2.45) is 7.05 Å². The number of aromatic nitrogens is 2. The van der Waals surface area contributed by atoms with Gasteiger partial charge in [-0.15, -0.1) is 0 Å². The Bertz CT molecular complexity index is 542. The molecule has 3 fully saturated rings. The van der Waals surface area contributed by atoms with Crippen LogP contribution < -0.4 is 0 Å². The van der Waals surface area contributed by atoms with Crippen molar-refractivity contribution >= 4 is 0 Å². The monoisotopic (exact) mass is 347 g/mol. The molecule has 0 aromatic carbocycles. The summed E-state index contributed by atoms with van der Waals surface area (Å²) in [5, 5.41) is 0. The van der Waals surface area contributed by atoms with E-state index in [2.05, 4.69) is 31.3 Å². The Balaban J connectivity index is 1.32. The van der Waals surface area contributed by atoms with E-state index in [9.17, 15) is 0 Å². The number of rotatable bonds is 5. The number of nitrogens with zero attached hydrogens (tertiary/aromatic N) is 5. The van der Waals surface area contributed by atoms with Crippen LogP contribution in [0.3, 0.4) is 0 Å².